The number of pyridine rings is 1. The Kier molecular flexibility index (Phi) is 19.7. The van der Waals surface area contributed by atoms with Crippen LogP contribution in [0.5, 0.6) is 0 Å². The lowest BCUT2D eigenvalue weighted by atomic mass is 10.0. The number of amides is 7. The lowest BCUT2D eigenvalue weighted by Gasteiger charge is -2.23. The number of aliphatic hydroxyl groups excluding tert-OH is 2. The van der Waals surface area contributed by atoms with Crippen LogP contribution in [0.1, 0.15) is 118 Å². The fraction of sp³-hybridized carbons (Fsp3) is 0.321. The van der Waals surface area contributed by atoms with E-state index in [2.05, 4.69) is 47.2 Å². The van der Waals surface area contributed by atoms with Crippen molar-refractivity contribution < 1.29 is 53.6 Å². The van der Waals surface area contributed by atoms with E-state index in [1.165, 1.54) is 48.2 Å². The maximum Gasteiger partial charge on any atom is 0.315 e. The number of nitrogens with one attached hydrogen (secondary N) is 7. The Bertz CT molecular complexity index is 3730. The number of fused-ring (bicyclic) bond motifs is 14. The monoisotopic (exact) mass is 1250 g/mol. The molecule has 9 rings (SSSR count). The third-order valence-electron chi connectivity index (χ3n) is 12.6. The van der Waals surface area contributed by atoms with Gasteiger partial charge in [0, 0.05) is 52.7 Å². The lowest BCUT2D eigenvalue weighted by Crippen LogP contribution is -2.40. The summed E-state index contributed by atoms with van der Waals surface area (Å²) in [6.07, 6.45) is -3.33. The molecule has 1 aromatic carbocycles. The molecule has 10 bridgehead atoms. The first kappa shape index (κ1) is 60.7. The molecule has 10 N–H and O–H groups in total. The van der Waals surface area contributed by atoms with Crippen molar-refractivity contribution in [2.45, 2.75) is 77.1 Å². The third-order valence-corrected chi connectivity index (χ3v) is 18.4. The van der Waals surface area contributed by atoms with Crippen LogP contribution >= 0.6 is 68.0 Å². The lowest BCUT2D eigenvalue weighted by molar-refractivity contribution is -0.139. The number of aromatic nitrogens is 7. The van der Waals surface area contributed by atoms with E-state index < -0.39 is 84.8 Å². The number of carbonyl (C=O) groups excluding carboxylic acids is 6. The second-order valence-electron chi connectivity index (χ2n) is 19.1. The quantitative estimate of drug-likeness (QED) is 0.0601. The summed E-state index contributed by atoms with van der Waals surface area (Å²) < 4.78 is 5.44. The van der Waals surface area contributed by atoms with E-state index in [9.17, 15) is 43.8 Å². The number of carboxylic acids is 1. The van der Waals surface area contributed by atoms with Gasteiger partial charge in [-0.2, -0.15) is 0 Å². The number of hydrogen-bond acceptors (Lipinski definition) is 23. The van der Waals surface area contributed by atoms with E-state index in [0.717, 1.165) is 34.0 Å². The van der Waals surface area contributed by atoms with Crippen molar-refractivity contribution in [3.05, 3.63) is 117 Å². The minimum absolute atomic E-state index is 0.00524. The highest BCUT2D eigenvalue weighted by atomic mass is 32.1. The topological polar surface area (TPSA) is 364 Å². The van der Waals surface area contributed by atoms with Crippen LogP contribution in [0.2, 0.25) is 0 Å². The van der Waals surface area contributed by atoms with E-state index in [-0.39, 0.29) is 54.1 Å². The van der Waals surface area contributed by atoms with E-state index in [1.807, 2.05) is 13.8 Å². The smallest absolute Gasteiger partial charge is 0.315 e. The number of carboxylic acid groups (broad SMARTS) is 1. The number of aryl methyl sites for hydroxylation is 1. The molecule has 1 aliphatic rings. The number of benzene rings is 1. The van der Waals surface area contributed by atoms with Crippen LogP contribution in [0, 0.1) is 12.8 Å². The second kappa shape index (κ2) is 27.2. The van der Waals surface area contributed by atoms with E-state index >= 15 is 0 Å². The molecule has 5 atom stereocenters. The molecule has 0 fully saturated rings. The Balaban J connectivity index is 1.09. The molecule has 7 amide bonds. The molecule has 0 spiro atoms. The Labute approximate surface area is 502 Å². The molecule has 3 unspecified atom stereocenters. The van der Waals surface area contributed by atoms with Crippen LogP contribution in [0.4, 0.5) is 4.79 Å². The van der Waals surface area contributed by atoms with Crippen LogP contribution in [0.25, 0.3) is 43.4 Å². The van der Waals surface area contributed by atoms with Crippen molar-refractivity contribution in [1.82, 2.24) is 72.1 Å². The number of hydrogen-bond donors (Lipinski definition) is 10. The number of nitrogens with zero attached hydrogens (tertiary/aromatic N) is 7. The van der Waals surface area contributed by atoms with Gasteiger partial charge in [0.05, 0.1) is 67.0 Å². The molecule has 0 saturated heterocycles. The molecule has 84 heavy (non-hydrogen) atoms. The van der Waals surface area contributed by atoms with Gasteiger partial charge in [0.2, 0.25) is 11.8 Å². The highest BCUT2D eigenvalue weighted by Gasteiger charge is 2.33. The molecular weight excluding hydrogens is 1200 g/mol. The number of thiazole rings is 6. The van der Waals surface area contributed by atoms with Gasteiger partial charge in [0.15, 0.2) is 0 Å². The highest BCUT2D eigenvalue weighted by molar-refractivity contribution is 7.15. The first-order valence-electron chi connectivity index (χ1n) is 25.7. The SMILES string of the molecule is CNC(=O)C[C@@H]1NC(=O)c2csc(n2)-c2ccc(-c3nc(CNC(=O)NCC(O)CC(=O)O)cs3)nc2-c2csc(n2)-c2csc(n2)C(C(O)c2ccccc2)NC(=O)CNC(=O)c2nc(sc2COC)[C@H](C(C)C)NC(=O)c2nc1sc2C. The van der Waals surface area contributed by atoms with Gasteiger partial charge in [-0.05, 0) is 30.5 Å². The number of aliphatic hydroxyl groups is 2. The molecule has 8 aromatic rings. The summed E-state index contributed by atoms with van der Waals surface area (Å²) >= 11 is 7.13. The number of ether oxygens (including phenoxy) is 1. The van der Waals surface area contributed by atoms with Crippen LogP contribution in [0.15, 0.2) is 64.0 Å². The zero-order valence-electron chi connectivity index (χ0n) is 45.2. The number of aliphatic carboxylic acids is 1. The van der Waals surface area contributed by atoms with Crippen molar-refractivity contribution in [1.29, 1.82) is 0 Å². The van der Waals surface area contributed by atoms with E-state index in [4.69, 9.17) is 34.8 Å². The molecule has 25 nitrogen and oxygen atoms in total. The maximum absolute atomic E-state index is 14.3. The number of urea groups is 1. The number of carbonyl (C=O) groups is 7. The van der Waals surface area contributed by atoms with Crippen molar-refractivity contribution in [3.8, 4) is 43.4 Å². The Morgan fingerprint density at radius 3 is 2.17 bits per heavy atom. The van der Waals surface area contributed by atoms with Gasteiger partial charge in [-0.15, -0.1) is 68.0 Å². The largest absolute Gasteiger partial charge is 0.481 e. The summed E-state index contributed by atoms with van der Waals surface area (Å²) in [4.78, 5) is 128. The molecule has 8 heterocycles. The zero-order valence-corrected chi connectivity index (χ0v) is 50.1. The average Bonchev–Trinajstić information content (AvgIpc) is 4.28. The van der Waals surface area contributed by atoms with Gasteiger partial charge >= 0.3 is 12.0 Å². The standard InChI is InChI=1S/C53H54N14O11S6/c1-23(2)38-52-67-41(34(84-52)18-78-5)45(75)55-17-36(70)64-42(43(73)25-9-7-6-8-10-25)51-63-33(22-82-51)49-61-31(20-81-49)40-28(11-12-29(59-40)48-58-26(19-79-48)15-56-53(77)57-16-27(68)13-37(71)72)47-62-32(21-80-47)44(74)60-30(14-35(69)54-4)50-66-39(24(3)83-50)46(76)65-38/h6-12,19-23,27,30,38,42-43,68,73H,13-18H2,1-5H3,(H,54,69)(H,55,75)(H,60,74)(H,64,70)(H,65,76)(H,71,72)(H2,56,57,77)/t27?,30-,38-,42?,43?/m0/s1. The average molecular weight is 1260 g/mol. The van der Waals surface area contributed by atoms with Crippen molar-refractivity contribution in [3.63, 3.8) is 0 Å². The summed E-state index contributed by atoms with van der Waals surface area (Å²) in [7, 11) is 2.92. The first-order chi connectivity index (χ1) is 40.3. The molecular formula is C53H54N14O11S6. The fourth-order valence-corrected chi connectivity index (χ4v) is 14.0. The van der Waals surface area contributed by atoms with Crippen LogP contribution in [0.3, 0.4) is 0 Å². The summed E-state index contributed by atoms with van der Waals surface area (Å²) in [6, 6.07) is 8.75. The predicted octanol–water partition coefficient (Wildman–Crippen LogP) is 5.95. The molecule has 7 aromatic heterocycles. The van der Waals surface area contributed by atoms with Gasteiger partial charge in [-0.25, -0.2) is 39.7 Å². The maximum atomic E-state index is 14.3. The van der Waals surface area contributed by atoms with Crippen molar-refractivity contribution in [2.24, 2.45) is 5.92 Å². The molecule has 438 valence electrons. The second-order valence-corrected chi connectivity index (χ2v) is 24.9. The zero-order chi connectivity index (χ0) is 59.8. The number of methoxy groups -OCH3 is 1. The predicted molar refractivity (Wildman–Crippen MR) is 315 cm³/mol. The van der Waals surface area contributed by atoms with Crippen LogP contribution < -0.4 is 37.2 Å². The summed E-state index contributed by atoms with van der Waals surface area (Å²) in [6.45, 7) is 4.64. The molecule has 0 radical (unpaired) electrons. The molecule has 1 aliphatic heterocycles. The minimum Gasteiger partial charge on any atom is -0.481 e. The summed E-state index contributed by atoms with van der Waals surface area (Å²) in [5.74, 6) is -4.40. The first-order valence-corrected chi connectivity index (χ1v) is 30.8. The molecule has 31 heteroatoms. The van der Waals surface area contributed by atoms with Gasteiger partial charge in [0.25, 0.3) is 17.7 Å². The third kappa shape index (κ3) is 14.5. The fourth-order valence-electron chi connectivity index (χ4n) is 8.42. The van der Waals surface area contributed by atoms with Crippen molar-refractivity contribution in [2.75, 3.05) is 27.2 Å². The molecule has 0 saturated carbocycles. The Morgan fingerprint density at radius 1 is 0.702 bits per heavy atom. The van der Waals surface area contributed by atoms with Crippen LogP contribution in [-0.4, -0.2) is 125 Å². The van der Waals surface area contributed by atoms with Crippen LogP contribution in [-0.2, 0) is 32.3 Å². The van der Waals surface area contributed by atoms with E-state index in [0.29, 0.717) is 74.4 Å². The minimum atomic E-state index is -1.29. The summed E-state index contributed by atoms with van der Waals surface area (Å²) in [5, 5.41) is 58.9. The van der Waals surface area contributed by atoms with Gasteiger partial charge in [0.1, 0.15) is 76.4 Å². The van der Waals surface area contributed by atoms with Gasteiger partial charge in [-0.3, -0.25) is 28.8 Å². The van der Waals surface area contributed by atoms with Gasteiger partial charge < -0.3 is 57.3 Å². The van der Waals surface area contributed by atoms with Gasteiger partial charge in [-0.1, -0.05) is 44.2 Å². The Hall–Kier alpha value is -7.88. The summed E-state index contributed by atoms with van der Waals surface area (Å²) in [5.41, 5.74) is 3.09. The van der Waals surface area contributed by atoms with E-state index in [1.54, 1.807) is 70.9 Å². The normalized spacial score (nSPS) is 16.6. The Morgan fingerprint density at radius 2 is 1.42 bits per heavy atom. The number of rotatable bonds is 14. The molecule has 0 aliphatic carbocycles. The highest BCUT2D eigenvalue weighted by Crippen LogP contribution is 2.40. The van der Waals surface area contributed by atoms with Crippen molar-refractivity contribution >= 4 is 110 Å².